The average Bonchev–Trinajstić information content (AvgIpc) is 3.86. The first kappa shape index (κ1) is 35.6. The topological polar surface area (TPSA) is 155 Å². The number of nitrogens with one attached hydrogen (secondary N) is 3. The highest BCUT2D eigenvalue weighted by molar-refractivity contribution is 7.91. The Labute approximate surface area is 275 Å². The van der Waals surface area contributed by atoms with Crippen LogP contribution >= 0.6 is 0 Å². The van der Waals surface area contributed by atoms with Crippen molar-refractivity contribution >= 4 is 38.7 Å². The van der Waals surface area contributed by atoms with Crippen molar-refractivity contribution in [1.29, 1.82) is 0 Å². The Bertz CT molecular complexity index is 2010. The highest BCUT2D eigenvalue weighted by Crippen LogP contribution is 2.33. The maximum absolute atomic E-state index is 15.5. The number of hydrogen-bond acceptors (Lipinski definition) is 8. The second-order valence-corrected chi connectivity index (χ2v) is 13.4. The van der Waals surface area contributed by atoms with Crippen molar-refractivity contribution < 1.29 is 44.7 Å². The molecule has 1 aliphatic carbocycles. The molecule has 0 amide bonds. The summed E-state index contributed by atoms with van der Waals surface area (Å²) >= 11 is 0. The van der Waals surface area contributed by atoms with Gasteiger partial charge < -0.3 is 15.7 Å². The number of piperidine rings is 1. The van der Waals surface area contributed by atoms with E-state index in [4.69, 9.17) is 9.90 Å². The fourth-order valence-electron chi connectivity index (χ4n) is 5.17. The van der Waals surface area contributed by atoms with Crippen molar-refractivity contribution in [3.8, 4) is 11.1 Å². The minimum atomic E-state index is -5.08. The number of benzene rings is 2. The molecule has 2 atom stereocenters. The third kappa shape index (κ3) is 9.05. The number of aromatic nitrogens is 3. The van der Waals surface area contributed by atoms with Crippen molar-refractivity contribution in [1.82, 2.24) is 19.9 Å². The minimum absolute atomic E-state index is 0.0979. The van der Waals surface area contributed by atoms with E-state index in [9.17, 15) is 30.8 Å². The molecule has 262 valence electrons. The maximum Gasteiger partial charge on any atom is 0.490 e. The number of halogens is 6. The molecule has 2 aromatic carbocycles. The lowest BCUT2D eigenvalue weighted by atomic mass is 10.0. The van der Waals surface area contributed by atoms with Crippen LogP contribution in [-0.2, 0) is 27.1 Å². The number of alkyl halides is 4. The van der Waals surface area contributed by atoms with Gasteiger partial charge in [0.15, 0.2) is 11.6 Å². The molecule has 0 bridgehead atoms. The number of anilines is 2. The number of nitrogens with zero attached hydrogens (tertiary/aromatic N) is 3. The molecule has 2 aromatic heterocycles. The largest absolute Gasteiger partial charge is 0.490 e. The van der Waals surface area contributed by atoms with Crippen molar-refractivity contribution in [3.05, 3.63) is 82.3 Å². The molecule has 4 N–H and O–H groups in total. The Hall–Kier alpha value is -4.71. The van der Waals surface area contributed by atoms with Gasteiger partial charge in [0, 0.05) is 49.2 Å². The van der Waals surface area contributed by atoms with Crippen molar-refractivity contribution in [2.75, 3.05) is 23.1 Å². The number of carbonyl (C=O) groups is 1. The Morgan fingerprint density at radius 3 is 2.37 bits per heavy atom. The molecule has 0 unspecified atom stereocenters. The highest BCUT2D eigenvalue weighted by atomic mass is 32.2. The van der Waals surface area contributed by atoms with Gasteiger partial charge in [-0.15, -0.1) is 0 Å². The third-order valence-corrected chi connectivity index (χ3v) is 8.92. The van der Waals surface area contributed by atoms with Crippen LogP contribution in [0, 0.1) is 17.6 Å². The van der Waals surface area contributed by atoms with Crippen LogP contribution in [0.2, 0.25) is 0 Å². The molecule has 1 saturated carbocycles. The lowest BCUT2D eigenvalue weighted by molar-refractivity contribution is -0.192. The quantitative estimate of drug-likeness (QED) is 0.179. The standard InChI is InChI=1S/C29H29F3N6O3S.C2HF3O2/c30-20-11-21(14-33-13-20)35-29-34-12-19-10-23(28(39)38(27(19)36-29)15-17-6-7-17)22-8-9-24(26(32)25(22)31)37-42(40,41)16-18-4-2-1-3-5-18;3-2(4,5)1(6)7/h1-5,8-10,12,17,20-21,33,37H,6-7,11,13-16H2,(H,34,35,36);(H,6,7)/t20-,21-;/m0./s1. The average molecular weight is 713 g/mol. The van der Waals surface area contributed by atoms with Gasteiger partial charge in [0.2, 0.25) is 16.0 Å². The van der Waals surface area contributed by atoms with E-state index in [0.29, 0.717) is 36.1 Å². The molecule has 0 radical (unpaired) electrons. The van der Waals surface area contributed by atoms with E-state index in [1.165, 1.54) is 22.9 Å². The monoisotopic (exact) mass is 712 g/mol. The fraction of sp³-hybridized carbons (Fsp3) is 0.355. The van der Waals surface area contributed by atoms with Gasteiger partial charge in [-0.3, -0.25) is 14.1 Å². The summed E-state index contributed by atoms with van der Waals surface area (Å²) in [5, 5.41) is 13.7. The molecule has 2 fully saturated rings. The van der Waals surface area contributed by atoms with Gasteiger partial charge in [-0.05, 0) is 42.5 Å². The first-order valence-corrected chi connectivity index (χ1v) is 16.6. The minimum Gasteiger partial charge on any atom is -0.475 e. The summed E-state index contributed by atoms with van der Waals surface area (Å²) in [6.07, 6.45) is -2.43. The molecule has 11 nitrogen and oxygen atoms in total. The number of hydrogen-bond donors (Lipinski definition) is 4. The molecular formula is C31H30F6N6O5S. The van der Waals surface area contributed by atoms with Gasteiger partial charge in [-0.2, -0.15) is 18.2 Å². The lowest BCUT2D eigenvalue weighted by Gasteiger charge is -2.26. The first-order valence-electron chi connectivity index (χ1n) is 15.0. The van der Waals surface area contributed by atoms with Gasteiger partial charge in [-0.25, -0.2) is 31.4 Å². The molecule has 49 heavy (non-hydrogen) atoms. The van der Waals surface area contributed by atoms with Crippen LogP contribution in [-0.4, -0.2) is 65.5 Å². The SMILES string of the molecule is O=C(O)C(F)(F)F.O=c1c(-c2ccc(NS(=O)(=O)Cc3ccccc3)c(F)c2F)cc2cnc(N[C@@H]3CNC[C@@H](F)C3)nc2n1CC1CC1. The van der Waals surface area contributed by atoms with Gasteiger partial charge in [0.1, 0.15) is 11.8 Å². The second kappa shape index (κ2) is 14.4. The maximum atomic E-state index is 15.5. The molecule has 4 aromatic rings. The number of fused-ring (bicyclic) bond motifs is 1. The summed E-state index contributed by atoms with van der Waals surface area (Å²) in [6.45, 7) is 1.18. The molecule has 0 spiro atoms. The molecule has 1 saturated heterocycles. The normalized spacial score (nSPS) is 18.0. The third-order valence-electron chi connectivity index (χ3n) is 7.67. The van der Waals surface area contributed by atoms with Crippen LogP contribution in [0.3, 0.4) is 0 Å². The van der Waals surface area contributed by atoms with Crippen LogP contribution in [0.1, 0.15) is 24.8 Å². The highest BCUT2D eigenvalue weighted by Gasteiger charge is 2.38. The fourth-order valence-corrected chi connectivity index (χ4v) is 6.36. The Balaban J connectivity index is 0.000000606. The predicted molar refractivity (Wildman–Crippen MR) is 168 cm³/mol. The van der Waals surface area contributed by atoms with Gasteiger partial charge in [-0.1, -0.05) is 30.3 Å². The number of carboxylic acids is 1. The lowest BCUT2D eigenvalue weighted by Crippen LogP contribution is -2.44. The van der Waals surface area contributed by atoms with Crippen molar-refractivity contribution in [3.63, 3.8) is 0 Å². The van der Waals surface area contributed by atoms with Crippen LogP contribution in [0.15, 0.2) is 59.5 Å². The summed E-state index contributed by atoms with van der Waals surface area (Å²) in [7, 11) is -4.04. The van der Waals surface area contributed by atoms with E-state index in [1.807, 2.05) is 0 Å². The number of pyridine rings is 1. The summed E-state index contributed by atoms with van der Waals surface area (Å²) in [4.78, 5) is 31.5. The van der Waals surface area contributed by atoms with Crippen LogP contribution in [0.25, 0.3) is 22.2 Å². The molecule has 6 rings (SSSR count). The van der Waals surface area contributed by atoms with Crippen LogP contribution in [0.4, 0.5) is 38.0 Å². The number of carboxylic acid groups (broad SMARTS) is 1. The van der Waals surface area contributed by atoms with Crippen LogP contribution < -0.4 is 20.9 Å². The van der Waals surface area contributed by atoms with E-state index in [1.54, 1.807) is 30.3 Å². The Morgan fingerprint density at radius 2 is 1.73 bits per heavy atom. The first-order chi connectivity index (χ1) is 23.1. The molecule has 3 heterocycles. The van der Waals surface area contributed by atoms with Crippen LogP contribution in [0.5, 0.6) is 0 Å². The molecule has 18 heteroatoms. The van der Waals surface area contributed by atoms with E-state index in [0.717, 1.165) is 18.9 Å². The summed E-state index contributed by atoms with van der Waals surface area (Å²) in [5.74, 6) is -5.45. The van der Waals surface area contributed by atoms with E-state index in [-0.39, 0.29) is 35.6 Å². The second-order valence-electron chi connectivity index (χ2n) is 11.7. The van der Waals surface area contributed by atoms with E-state index >= 15 is 8.78 Å². The molecular weight excluding hydrogens is 682 g/mol. The predicted octanol–water partition coefficient (Wildman–Crippen LogP) is 4.83. The summed E-state index contributed by atoms with van der Waals surface area (Å²) < 4.78 is 105. The van der Waals surface area contributed by atoms with Gasteiger partial charge in [0.05, 0.1) is 17.0 Å². The smallest absolute Gasteiger partial charge is 0.475 e. The van der Waals surface area contributed by atoms with Crippen molar-refractivity contribution in [2.45, 2.75) is 49.9 Å². The molecule has 1 aliphatic heterocycles. The Morgan fingerprint density at radius 1 is 1.04 bits per heavy atom. The molecule has 2 aliphatic rings. The van der Waals surface area contributed by atoms with Gasteiger partial charge in [0.25, 0.3) is 5.56 Å². The number of rotatable bonds is 9. The summed E-state index contributed by atoms with van der Waals surface area (Å²) in [6, 6.07) is 11.8. The van der Waals surface area contributed by atoms with E-state index in [2.05, 4.69) is 25.3 Å². The zero-order valence-electron chi connectivity index (χ0n) is 25.5. The number of sulfonamides is 1. The van der Waals surface area contributed by atoms with Gasteiger partial charge >= 0.3 is 12.1 Å². The Kier molecular flexibility index (Phi) is 10.5. The zero-order chi connectivity index (χ0) is 35.5. The van der Waals surface area contributed by atoms with E-state index < -0.39 is 57.0 Å². The number of aliphatic carboxylic acids is 1. The van der Waals surface area contributed by atoms with Crippen molar-refractivity contribution in [2.24, 2.45) is 5.92 Å². The zero-order valence-corrected chi connectivity index (χ0v) is 26.3. The summed E-state index contributed by atoms with van der Waals surface area (Å²) in [5.41, 5.74) is -0.702.